The second-order valence-corrected chi connectivity index (χ2v) is 9.49. The van der Waals surface area contributed by atoms with E-state index in [0.29, 0.717) is 11.0 Å². The Bertz CT molecular complexity index is 298. The van der Waals surface area contributed by atoms with Gasteiger partial charge in [0, 0.05) is 0 Å². The largest absolute Gasteiger partial charge is 0.465 e. The van der Waals surface area contributed by atoms with Crippen LogP contribution in [0.15, 0.2) is 30.3 Å². The standard InChI is InChI=1S/C12H22OSi2/c1-10(11-8-6-5-7-9-11)12(2,3)15(4)13-14/h5-10,15H,1-4,14H3. The van der Waals surface area contributed by atoms with Crippen molar-refractivity contribution in [2.75, 3.05) is 0 Å². The van der Waals surface area contributed by atoms with Crippen molar-refractivity contribution < 1.29 is 4.12 Å². The topological polar surface area (TPSA) is 9.23 Å². The lowest BCUT2D eigenvalue weighted by atomic mass is 9.89. The molecule has 84 valence electrons. The van der Waals surface area contributed by atoms with Gasteiger partial charge in [-0.05, 0) is 23.1 Å². The van der Waals surface area contributed by atoms with Gasteiger partial charge in [0.25, 0.3) is 0 Å². The SMILES string of the molecule is CC(c1ccccc1)C(C)(C)[SiH](C)O[SiH3]. The van der Waals surface area contributed by atoms with Crippen molar-refractivity contribution in [3.05, 3.63) is 35.9 Å². The molecule has 0 fully saturated rings. The molecule has 0 saturated carbocycles. The molecule has 1 rings (SSSR count). The normalized spacial score (nSPS) is 16.3. The van der Waals surface area contributed by atoms with Crippen molar-refractivity contribution in [1.29, 1.82) is 0 Å². The summed E-state index contributed by atoms with van der Waals surface area (Å²) >= 11 is 0. The molecule has 0 radical (unpaired) electrons. The number of rotatable bonds is 4. The first-order valence-corrected chi connectivity index (χ1v) is 8.60. The van der Waals surface area contributed by atoms with Crippen LogP contribution in [-0.2, 0) is 4.12 Å². The lowest BCUT2D eigenvalue weighted by Gasteiger charge is -2.36. The first-order chi connectivity index (χ1) is 7.00. The number of benzene rings is 1. The maximum Gasteiger partial charge on any atom is 0.165 e. The van der Waals surface area contributed by atoms with E-state index in [1.54, 1.807) is 0 Å². The minimum Gasteiger partial charge on any atom is -0.465 e. The van der Waals surface area contributed by atoms with E-state index in [4.69, 9.17) is 4.12 Å². The van der Waals surface area contributed by atoms with Crippen LogP contribution in [0.3, 0.4) is 0 Å². The summed E-state index contributed by atoms with van der Waals surface area (Å²) in [5.41, 5.74) is 1.43. The monoisotopic (exact) mass is 238 g/mol. The van der Waals surface area contributed by atoms with Gasteiger partial charge in [0.05, 0.1) is 0 Å². The zero-order valence-electron chi connectivity index (χ0n) is 10.4. The molecule has 2 unspecified atom stereocenters. The number of hydrogen-bond acceptors (Lipinski definition) is 1. The Balaban J connectivity index is 2.89. The average molecular weight is 238 g/mol. The van der Waals surface area contributed by atoms with Crippen molar-refractivity contribution in [3.8, 4) is 0 Å². The van der Waals surface area contributed by atoms with E-state index < -0.39 is 9.04 Å². The highest BCUT2D eigenvalue weighted by atomic mass is 28.3. The van der Waals surface area contributed by atoms with E-state index in [1.807, 2.05) is 0 Å². The van der Waals surface area contributed by atoms with Gasteiger partial charge in [-0.3, -0.25) is 0 Å². The van der Waals surface area contributed by atoms with Crippen LogP contribution in [0.5, 0.6) is 0 Å². The molecule has 2 atom stereocenters. The van der Waals surface area contributed by atoms with Crippen LogP contribution in [0.1, 0.15) is 32.3 Å². The van der Waals surface area contributed by atoms with Crippen molar-refractivity contribution >= 4 is 19.5 Å². The van der Waals surface area contributed by atoms with Crippen LogP contribution in [0.2, 0.25) is 11.6 Å². The minimum atomic E-state index is -1.06. The van der Waals surface area contributed by atoms with Crippen LogP contribution in [0.4, 0.5) is 0 Å². The fourth-order valence-corrected chi connectivity index (χ4v) is 5.15. The van der Waals surface area contributed by atoms with Gasteiger partial charge in [-0.1, -0.05) is 51.1 Å². The second-order valence-electron chi connectivity index (χ2n) is 4.83. The zero-order chi connectivity index (χ0) is 11.5. The third kappa shape index (κ3) is 2.80. The predicted molar refractivity (Wildman–Crippen MR) is 72.9 cm³/mol. The molecule has 0 bridgehead atoms. The molecule has 0 aliphatic carbocycles. The molecule has 0 N–H and O–H groups in total. The van der Waals surface area contributed by atoms with Gasteiger partial charge >= 0.3 is 0 Å². The first-order valence-electron chi connectivity index (χ1n) is 5.58. The van der Waals surface area contributed by atoms with Crippen molar-refractivity contribution in [2.24, 2.45) is 0 Å². The lowest BCUT2D eigenvalue weighted by molar-refractivity contribution is 0.477. The van der Waals surface area contributed by atoms with E-state index in [0.717, 1.165) is 10.5 Å². The van der Waals surface area contributed by atoms with Gasteiger partial charge in [-0.2, -0.15) is 0 Å². The molecule has 0 aliphatic heterocycles. The Morgan fingerprint density at radius 3 is 2.27 bits per heavy atom. The van der Waals surface area contributed by atoms with Crippen molar-refractivity contribution in [3.63, 3.8) is 0 Å². The second kappa shape index (κ2) is 5.10. The summed E-state index contributed by atoms with van der Waals surface area (Å²) in [6.07, 6.45) is 0. The van der Waals surface area contributed by atoms with Crippen LogP contribution in [-0.4, -0.2) is 19.5 Å². The van der Waals surface area contributed by atoms with Gasteiger partial charge in [-0.25, -0.2) is 0 Å². The third-order valence-electron chi connectivity index (χ3n) is 3.82. The highest BCUT2D eigenvalue weighted by Crippen LogP contribution is 2.43. The van der Waals surface area contributed by atoms with Crippen molar-refractivity contribution in [1.82, 2.24) is 0 Å². The lowest BCUT2D eigenvalue weighted by Crippen LogP contribution is -2.31. The van der Waals surface area contributed by atoms with E-state index in [9.17, 15) is 0 Å². The zero-order valence-corrected chi connectivity index (χ0v) is 13.6. The molecule has 0 saturated heterocycles. The van der Waals surface area contributed by atoms with E-state index >= 15 is 0 Å². The summed E-state index contributed by atoms with van der Waals surface area (Å²) in [6.45, 7) is 9.32. The molecular weight excluding hydrogens is 216 g/mol. The molecule has 0 heterocycles. The third-order valence-corrected chi connectivity index (χ3v) is 9.24. The maximum absolute atomic E-state index is 5.74. The average Bonchev–Trinajstić information content (AvgIpc) is 2.28. The molecule has 1 aromatic rings. The quantitative estimate of drug-likeness (QED) is 0.731. The van der Waals surface area contributed by atoms with Gasteiger partial charge in [-0.15, -0.1) is 0 Å². The molecule has 3 heteroatoms. The van der Waals surface area contributed by atoms with E-state index in [2.05, 4.69) is 57.7 Å². The minimum absolute atomic E-state index is 0.323. The summed E-state index contributed by atoms with van der Waals surface area (Å²) in [4.78, 5) is 0. The highest BCUT2D eigenvalue weighted by Gasteiger charge is 2.34. The fourth-order valence-electron chi connectivity index (χ4n) is 1.83. The van der Waals surface area contributed by atoms with Crippen LogP contribution < -0.4 is 0 Å². The molecular formula is C12H22OSi2. The number of hydrogen-bond donors (Lipinski definition) is 0. The Labute approximate surface area is 98.1 Å². The maximum atomic E-state index is 5.74. The molecule has 1 nitrogen and oxygen atoms in total. The van der Waals surface area contributed by atoms with Crippen LogP contribution in [0.25, 0.3) is 0 Å². The summed E-state index contributed by atoms with van der Waals surface area (Å²) in [7, 11) is -0.183. The highest BCUT2D eigenvalue weighted by molar-refractivity contribution is 6.57. The Morgan fingerprint density at radius 2 is 1.80 bits per heavy atom. The smallest absolute Gasteiger partial charge is 0.165 e. The fraction of sp³-hybridized carbons (Fsp3) is 0.500. The molecule has 0 aliphatic rings. The molecule has 0 spiro atoms. The molecule has 0 amide bonds. The summed E-state index contributed by atoms with van der Waals surface area (Å²) in [5, 5.41) is 0.323. The van der Waals surface area contributed by atoms with Gasteiger partial charge in [0.1, 0.15) is 10.5 Å². The molecule has 1 aromatic carbocycles. The Kier molecular flexibility index (Phi) is 4.31. The van der Waals surface area contributed by atoms with Crippen molar-refractivity contribution in [2.45, 2.75) is 38.3 Å². The van der Waals surface area contributed by atoms with Crippen LogP contribution >= 0.6 is 0 Å². The Hall–Kier alpha value is -0.386. The van der Waals surface area contributed by atoms with Gasteiger partial charge in [0.2, 0.25) is 0 Å². The van der Waals surface area contributed by atoms with Gasteiger partial charge < -0.3 is 4.12 Å². The Morgan fingerprint density at radius 1 is 1.27 bits per heavy atom. The summed E-state index contributed by atoms with van der Waals surface area (Å²) in [5.74, 6) is 0.578. The van der Waals surface area contributed by atoms with E-state index in [-0.39, 0.29) is 0 Å². The predicted octanol–water partition coefficient (Wildman–Crippen LogP) is 2.22. The summed E-state index contributed by atoms with van der Waals surface area (Å²) < 4.78 is 5.74. The van der Waals surface area contributed by atoms with Crippen LogP contribution in [0, 0.1) is 0 Å². The molecule has 0 aromatic heterocycles. The first kappa shape index (κ1) is 12.7. The van der Waals surface area contributed by atoms with E-state index in [1.165, 1.54) is 5.56 Å². The summed E-state index contributed by atoms with van der Waals surface area (Å²) in [6, 6.07) is 10.8. The van der Waals surface area contributed by atoms with Gasteiger partial charge in [0.15, 0.2) is 9.04 Å². The molecule has 15 heavy (non-hydrogen) atoms.